The third-order valence-electron chi connectivity index (χ3n) is 4.47. The van der Waals surface area contributed by atoms with Gasteiger partial charge in [-0.2, -0.15) is 0 Å². The second kappa shape index (κ2) is 8.82. The van der Waals surface area contributed by atoms with Gasteiger partial charge in [0.05, 0.1) is 5.56 Å². The Kier molecular flexibility index (Phi) is 6.02. The maximum atomic E-state index is 12.5. The Morgan fingerprint density at radius 3 is 2.25 bits per heavy atom. The van der Waals surface area contributed by atoms with E-state index in [-0.39, 0.29) is 11.7 Å². The number of carbonyl (C=O) groups is 2. The number of para-hydroxylation sites is 1. The van der Waals surface area contributed by atoms with Crippen LogP contribution in [0.4, 0.5) is 11.4 Å². The SMILES string of the molecule is CNc1ccccc1C(=O)Nc1ccc(C(=O)/C=C/c2ccccc2C)cc1. The van der Waals surface area contributed by atoms with E-state index in [0.29, 0.717) is 16.8 Å². The maximum Gasteiger partial charge on any atom is 0.257 e. The molecule has 1 amide bonds. The van der Waals surface area contributed by atoms with Gasteiger partial charge in [-0.15, -0.1) is 0 Å². The van der Waals surface area contributed by atoms with E-state index in [4.69, 9.17) is 0 Å². The number of anilines is 2. The molecule has 0 bridgehead atoms. The minimum absolute atomic E-state index is 0.0818. The Morgan fingerprint density at radius 2 is 1.54 bits per heavy atom. The van der Waals surface area contributed by atoms with Gasteiger partial charge in [0.25, 0.3) is 5.91 Å². The lowest BCUT2D eigenvalue weighted by Crippen LogP contribution is -2.14. The number of carbonyl (C=O) groups excluding carboxylic acids is 2. The van der Waals surface area contributed by atoms with Gasteiger partial charge in [0.1, 0.15) is 0 Å². The van der Waals surface area contributed by atoms with E-state index in [1.165, 1.54) is 0 Å². The van der Waals surface area contributed by atoms with Gasteiger partial charge in [-0.3, -0.25) is 9.59 Å². The monoisotopic (exact) mass is 370 g/mol. The quantitative estimate of drug-likeness (QED) is 0.464. The van der Waals surface area contributed by atoms with Crippen LogP contribution >= 0.6 is 0 Å². The zero-order valence-electron chi connectivity index (χ0n) is 15.9. The lowest BCUT2D eigenvalue weighted by atomic mass is 10.1. The Balaban J connectivity index is 1.68. The van der Waals surface area contributed by atoms with Gasteiger partial charge in [0, 0.05) is 24.0 Å². The van der Waals surface area contributed by atoms with Gasteiger partial charge in [0.2, 0.25) is 0 Å². The fraction of sp³-hybridized carbons (Fsp3) is 0.0833. The van der Waals surface area contributed by atoms with Gasteiger partial charge in [0.15, 0.2) is 5.78 Å². The molecule has 2 N–H and O–H groups in total. The third kappa shape index (κ3) is 4.54. The van der Waals surface area contributed by atoms with Crippen molar-refractivity contribution in [3.05, 3.63) is 101 Å². The van der Waals surface area contributed by atoms with E-state index >= 15 is 0 Å². The molecule has 4 heteroatoms. The molecule has 0 fully saturated rings. The Labute approximate surface area is 164 Å². The predicted molar refractivity (Wildman–Crippen MR) is 115 cm³/mol. The summed E-state index contributed by atoms with van der Waals surface area (Å²) in [4.78, 5) is 24.9. The van der Waals surface area contributed by atoms with Crippen LogP contribution in [0.2, 0.25) is 0 Å². The zero-order chi connectivity index (χ0) is 19.9. The lowest BCUT2D eigenvalue weighted by molar-refractivity contribution is 0.102. The molecule has 4 nitrogen and oxygen atoms in total. The second-order valence-electron chi connectivity index (χ2n) is 6.38. The number of hydrogen-bond acceptors (Lipinski definition) is 3. The largest absolute Gasteiger partial charge is 0.387 e. The van der Waals surface area contributed by atoms with Crippen molar-refractivity contribution < 1.29 is 9.59 Å². The number of benzene rings is 3. The van der Waals surface area contributed by atoms with E-state index in [1.54, 1.807) is 43.5 Å². The van der Waals surface area contributed by atoms with Gasteiger partial charge in [-0.25, -0.2) is 0 Å². The number of aryl methyl sites for hydroxylation is 1. The molecule has 0 spiro atoms. The molecule has 3 aromatic rings. The van der Waals surface area contributed by atoms with Gasteiger partial charge in [-0.05, 0) is 60.5 Å². The molecular weight excluding hydrogens is 348 g/mol. The standard InChI is InChI=1S/C24H22N2O2/c1-17-7-3-4-8-18(17)13-16-23(27)19-11-14-20(15-12-19)26-24(28)21-9-5-6-10-22(21)25-2/h3-16,25H,1-2H3,(H,26,28)/b16-13+. The first-order valence-electron chi connectivity index (χ1n) is 9.04. The van der Waals surface area contributed by atoms with E-state index in [2.05, 4.69) is 10.6 Å². The highest BCUT2D eigenvalue weighted by Crippen LogP contribution is 2.18. The first-order valence-corrected chi connectivity index (χ1v) is 9.04. The summed E-state index contributed by atoms with van der Waals surface area (Å²) < 4.78 is 0. The van der Waals surface area contributed by atoms with Crippen LogP contribution < -0.4 is 10.6 Å². The molecule has 0 atom stereocenters. The van der Waals surface area contributed by atoms with Crippen molar-refractivity contribution in [2.24, 2.45) is 0 Å². The predicted octanol–water partition coefficient (Wildman–Crippen LogP) is 5.19. The van der Waals surface area contributed by atoms with E-state index in [0.717, 1.165) is 16.8 Å². The van der Waals surface area contributed by atoms with Crippen LogP contribution in [-0.2, 0) is 0 Å². The van der Waals surface area contributed by atoms with Crippen molar-refractivity contribution >= 4 is 29.1 Å². The highest BCUT2D eigenvalue weighted by atomic mass is 16.1. The number of amides is 1. The summed E-state index contributed by atoms with van der Waals surface area (Å²) in [6.07, 6.45) is 3.39. The fourth-order valence-corrected chi connectivity index (χ4v) is 2.85. The highest BCUT2D eigenvalue weighted by Gasteiger charge is 2.10. The Bertz CT molecular complexity index is 1020. The van der Waals surface area contributed by atoms with Crippen molar-refractivity contribution in [2.75, 3.05) is 17.7 Å². The topological polar surface area (TPSA) is 58.2 Å². The molecule has 3 rings (SSSR count). The minimum Gasteiger partial charge on any atom is -0.387 e. The molecule has 0 unspecified atom stereocenters. The normalized spacial score (nSPS) is 10.6. The lowest BCUT2D eigenvalue weighted by Gasteiger charge is -2.10. The van der Waals surface area contributed by atoms with Crippen LogP contribution in [0.5, 0.6) is 0 Å². The highest BCUT2D eigenvalue weighted by molar-refractivity contribution is 6.09. The van der Waals surface area contributed by atoms with Crippen LogP contribution in [0.1, 0.15) is 31.8 Å². The molecule has 0 aliphatic heterocycles. The average molecular weight is 370 g/mol. The van der Waals surface area contributed by atoms with Crippen molar-refractivity contribution in [1.82, 2.24) is 0 Å². The summed E-state index contributed by atoms with van der Waals surface area (Å²) in [5.41, 5.74) is 4.66. The third-order valence-corrected chi connectivity index (χ3v) is 4.47. The Hall–Kier alpha value is -3.66. The van der Waals surface area contributed by atoms with E-state index < -0.39 is 0 Å². The van der Waals surface area contributed by atoms with Crippen LogP contribution in [-0.4, -0.2) is 18.7 Å². The molecule has 0 aliphatic rings. The molecule has 140 valence electrons. The first-order chi connectivity index (χ1) is 13.6. The average Bonchev–Trinajstić information content (AvgIpc) is 2.73. The van der Waals surface area contributed by atoms with Crippen LogP contribution in [0.25, 0.3) is 6.08 Å². The molecule has 3 aromatic carbocycles. The molecule has 0 aliphatic carbocycles. The van der Waals surface area contributed by atoms with Crippen molar-refractivity contribution in [3.8, 4) is 0 Å². The zero-order valence-corrected chi connectivity index (χ0v) is 15.9. The van der Waals surface area contributed by atoms with Crippen LogP contribution in [0, 0.1) is 6.92 Å². The summed E-state index contributed by atoms with van der Waals surface area (Å²) in [5, 5.41) is 5.86. The molecule has 0 aromatic heterocycles. The summed E-state index contributed by atoms with van der Waals surface area (Å²) in [6.45, 7) is 2.01. The summed E-state index contributed by atoms with van der Waals surface area (Å²) >= 11 is 0. The number of ketones is 1. The number of rotatable bonds is 6. The summed E-state index contributed by atoms with van der Waals surface area (Å²) in [7, 11) is 1.77. The van der Waals surface area contributed by atoms with Crippen LogP contribution in [0.15, 0.2) is 78.9 Å². The second-order valence-corrected chi connectivity index (χ2v) is 6.38. The number of hydrogen-bond donors (Lipinski definition) is 2. The van der Waals surface area contributed by atoms with Gasteiger partial charge >= 0.3 is 0 Å². The first kappa shape index (κ1) is 19.1. The molecule has 0 radical (unpaired) electrons. The number of allylic oxidation sites excluding steroid dienone is 1. The molecular formula is C24H22N2O2. The van der Waals surface area contributed by atoms with Crippen molar-refractivity contribution in [2.45, 2.75) is 6.92 Å². The van der Waals surface area contributed by atoms with Crippen molar-refractivity contribution in [3.63, 3.8) is 0 Å². The van der Waals surface area contributed by atoms with Gasteiger partial charge < -0.3 is 10.6 Å². The summed E-state index contributed by atoms with van der Waals surface area (Å²) in [5.74, 6) is -0.287. The Morgan fingerprint density at radius 1 is 0.857 bits per heavy atom. The molecule has 0 saturated carbocycles. The van der Waals surface area contributed by atoms with Crippen molar-refractivity contribution in [1.29, 1.82) is 0 Å². The minimum atomic E-state index is -0.205. The molecule has 0 heterocycles. The fourth-order valence-electron chi connectivity index (χ4n) is 2.85. The number of nitrogens with one attached hydrogen (secondary N) is 2. The smallest absolute Gasteiger partial charge is 0.257 e. The molecule has 0 saturated heterocycles. The van der Waals surface area contributed by atoms with Gasteiger partial charge in [-0.1, -0.05) is 42.5 Å². The molecule has 28 heavy (non-hydrogen) atoms. The van der Waals surface area contributed by atoms with Crippen LogP contribution in [0.3, 0.4) is 0 Å². The van der Waals surface area contributed by atoms with E-state index in [9.17, 15) is 9.59 Å². The van der Waals surface area contributed by atoms with E-state index in [1.807, 2.05) is 55.5 Å². The maximum absolute atomic E-state index is 12.5. The summed E-state index contributed by atoms with van der Waals surface area (Å²) in [6, 6.07) is 22.1.